The molecule has 37 heavy (non-hydrogen) atoms. The van der Waals surface area contributed by atoms with Gasteiger partial charge in [-0.3, -0.25) is 19.3 Å². The summed E-state index contributed by atoms with van der Waals surface area (Å²) in [5, 5.41) is 19.8. The van der Waals surface area contributed by atoms with Crippen LogP contribution in [0.2, 0.25) is 0 Å². The molecule has 10 nitrogen and oxygen atoms in total. The Morgan fingerprint density at radius 2 is 2.00 bits per heavy atom. The summed E-state index contributed by atoms with van der Waals surface area (Å²) >= 11 is 0. The standard InChI is InChI=1S/C27H31N9O/c1-15-17(4-7-24(29-15)35-11-18-8-19(18)12-35)13-36-14-22(25(33-36)20-9-28-34(3)10-20)27(37)30-23-6-5-21-16(2)31-32-26(21)23/h4,7,9-10,14,18-19,23H,5-6,8,11-13H2,1-3H3,(H,30,37)(H,31,32)/t18?,19?,23-/m1/s1. The van der Waals surface area contributed by atoms with E-state index >= 15 is 0 Å². The zero-order valence-corrected chi connectivity index (χ0v) is 21.4. The van der Waals surface area contributed by atoms with E-state index in [2.05, 4.69) is 44.6 Å². The summed E-state index contributed by atoms with van der Waals surface area (Å²) in [5.74, 6) is 2.66. The lowest BCUT2D eigenvalue weighted by Crippen LogP contribution is -2.27. The number of carbonyl (C=O) groups excluding carboxylic acids is 1. The molecule has 2 N–H and O–H groups in total. The summed E-state index contributed by atoms with van der Waals surface area (Å²) in [6.45, 7) is 6.85. The number of nitrogens with zero attached hydrogens (tertiary/aromatic N) is 7. The van der Waals surface area contributed by atoms with Crippen LogP contribution in [0.3, 0.4) is 0 Å². The second kappa shape index (κ2) is 8.29. The van der Waals surface area contributed by atoms with E-state index in [9.17, 15) is 4.79 Å². The molecule has 0 spiro atoms. The van der Waals surface area contributed by atoms with Crippen molar-refractivity contribution in [2.75, 3.05) is 18.0 Å². The van der Waals surface area contributed by atoms with Gasteiger partial charge in [0.25, 0.3) is 5.91 Å². The number of anilines is 1. The molecule has 190 valence electrons. The molecule has 1 amide bonds. The largest absolute Gasteiger partial charge is 0.356 e. The van der Waals surface area contributed by atoms with Crippen molar-refractivity contribution < 1.29 is 4.79 Å². The maximum absolute atomic E-state index is 13.5. The molecule has 2 fully saturated rings. The van der Waals surface area contributed by atoms with Crippen molar-refractivity contribution in [3.63, 3.8) is 0 Å². The van der Waals surface area contributed by atoms with E-state index in [1.807, 2.05) is 31.0 Å². The lowest BCUT2D eigenvalue weighted by atomic mass is 10.1. The molecule has 3 atom stereocenters. The first-order chi connectivity index (χ1) is 17.9. The van der Waals surface area contributed by atoms with Crippen LogP contribution in [0.4, 0.5) is 5.82 Å². The summed E-state index contributed by atoms with van der Waals surface area (Å²) in [6.07, 6.45) is 8.63. The molecular weight excluding hydrogens is 466 g/mol. The van der Waals surface area contributed by atoms with E-state index < -0.39 is 0 Å². The van der Waals surface area contributed by atoms with E-state index in [0.29, 0.717) is 17.8 Å². The van der Waals surface area contributed by atoms with Crippen molar-refractivity contribution in [2.45, 2.75) is 45.7 Å². The molecule has 2 aliphatic carbocycles. The van der Waals surface area contributed by atoms with Crippen molar-refractivity contribution in [3.05, 3.63) is 64.5 Å². The molecule has 5 heterocycles. The van der Waals surface area contributed by atoms with Crippen LogP contribution in [0.1, 0.15) is 57.5 Å². The van der Waals surface area contributed by atoms with E-state index in [-0.39, 0.29) is 11.9 Å². The zero-order chi connectivity index (χ0) is 25.3. The molecule has 2 unspecified atom stereocenters. The van der Waals surface area contributed by atoms with Gasteiger partial charge in [-0.25, -0.2) is 4.98 Å². The maximum atomic E-state index is 13.5. The first-order valence-corrected chi connectivity index (χ1v) is 13.1. The Balaban J connectivity index is 1.15. The Kier molecular flexibility index (Phi) is 4.99. The quantitative estimate of drug-likeness (QED) is 0.424. The van der Waals surface area contributed by atoms with Crippen LogP contribution in [0, 0.1) is 25.7 Å². The van der Waals surface area contributed by atoms with Gasteiger partial charge in [0, 0.05) is 43.8 Å². The van der Waals surface area contributed by atoms with Crippen molar-refractivity contribution in [1.29, 1.82) is 0 Å². The predicted octanol–water partition coefficient (Wildman–Crippen LogP) is 2.94. The number of nitrogens with one attached hydrogen (secondary N) is 2. The number of amides is 1. The number of aryl methyl sites for hydroxylation is 3. The van der Waals surface area contributed by atoms with Crippen LogP contribution in [0.5, 0.6) is 0 Å². The molecule has 1 saturated carbocycles. The van der Waals surface area contributed by atoms with Crippen molar-refractivity contribution in [2.24, 2.45) is 18.9 Å². The number of aromatic amines is 1. The fourth-order valence-electron chi connectivity index (χ4n) is 6.00. The third-order valence-corrected chi connectivity index (χ3v) is 8.24. The molecule has 1 saturated heterocycles. The van der Waals surface area contributed by atoms with Gasteiger partial charge in [-0.15, -0.1) is 0 Å². The zero-order valence-electron chi connectivity index (χ0n) is 21.4. The Morgan fingerprint density at radius 1 is 1.16 bits per heavy atom. The van der Waals surface area contributed by atoms with Gasteiger partial charge < -0.3 is 10.2 Å². The Labute approximate surface area is 215 Å². The fourth-order valence-corrected chi connectivity index (χ4v) is 6.00. The van der Waals surface area contributed by atoms with Gasteiger partial charge >= 0.3 is 0 Å². The third-order valence-electron chi connectivity index (χ3n) is 8.24. The predicted molar refractivity (Wildman–Crippen MR) is 138 cm³/mol. The van der Waals surface area contributed by atoms with Gasteiger partial charge in [0.15, 0.2) is 0 Å². The van der Waals surface area contributed by atoms with Crippen LogP contribution < -0.4 is 10.2 Å². The van der Waals surface area contributed by atoms with E-state index in [0.717, 1.165) is 71.8 Å². The van der Waals surface area contributed by atoms with Gasteiger partial charge in [0.2, 0.25) is 0 Å². The smallest absolute Gasteiger partial charge is 0.255 e. The van der Waals surface area contributed by atoms with E-state index in [1.54, 1.807) is 10.9 Å². The number of hydrogen-bond acceptors (Lipinski definition) is 6. The Hall–Kier alpha value is -3.95. The minimum Gasteiger partial charge on any atom is -0.356 e. The molecule has 0 radical (unpaired) electrons. The molecule has 0 bridgehead atoms. The first-order valence-electron chi connectivity index (χ1n) is 13.1. The summed E-state index contributed by atoms with van der Waals surface area (Å²) in [4.78, 5) is 20.8. The molecular formula is C27H31N9O. The highest BCUT2D eigenvalue weighted by atomic mass is 16.1. The normalized spacial score (nSPS) is 21.8. The summed E-state index contributed by atoms with van der Waals surface area (Å²) < 4.78 is 3.56. The summed E-state index contributed by atoms with van der Waals surface area (Å²) in [7, 11) is 1.86. The van der Waals surface area contributed by atoms with Gasteiger partial charge in [0.05, 0.1) is 35.7 Å². The first kappa shape index (κ1) is 22.3. The van der Waals surface area contributed by atoms with Crippen molar-refractivity contribution in [3.8, 4) is 11.3 Å². The van der Waals surface area contributed by atoms with Gasteiger partial charge in [-0.1, -0.05) is 6.07 Å². The average molecular weight is 498 g/mol. The van der Waals surface area contributed by atoms with Crippen LogP contribution in [0.15, 0.2) is 30.7 Å². The lowest BCUT2D eigenvalue weighted by molar-refractivity contribution is 0.0936. The number of aromatic nitrogens is 7. The molecule has 3 aliphatic rings. The summed E-state index contributed by atoms with van der Waals surface area (Å²) in [6, 6.07) is 4.19. The van der Waals surface area contributed by atoms with Crippen LogP contribution in [-0.2, 0) is 20.0 Å². The number of fused-ring (bicyclic) bond motifs is 2. The average Bonchev–Trinajstić information content (AvgIpc) is 3.45. The highest BCUT2D eigenvalue weighted by molar-refractivity contribution is 6.00. The number of pyridine rings is 1. The number of rotatable bonds is 6. The fraction of sp³-hybridized carbons (Fsp3) is 0.444. The van der Waals surface area contributed by atoms with Crippen LogP contribution in [0.25, 0.3) is 11.3 Å². The number of piperidine rings is 1. The minimum atomic E-state index is -0.145. The molecule has 10 heteroatoms. The Morgan fingerprint density at radius 3 is 2.76 bits per heavy atom. The maximum Gasteiger partial charge on any atom is 0.255 e. The summed E-state index contributed by atoms with van der Waals surface area (Å²) in [5.41, 5.74) is 7.30. The third kappa shape index (κ3) is 3.91. The highest BCUT2D eigenvalue weighted by Gasteiger charge is 2.45. The lowest BCUT2D eigenvalue weighted by Gasteiger charge is -2.20. The SMILES string of the molecule is Cc1nc(N2CC3CC3C2)ccc1Cn1cc(C(=O)N[C@@H]2CCc3c(C)n[nH]c32)c(-c2cnn(C)c2)n1. The van der Waals surface area contributed by atoms with Gasteiger partial charge in [-0.2, -0.15) is 15.3 Å². The molecule has 1 aliphatic heterocycles. The van der Waals surface area contributed by atoms with E-state index in [1.165, 1.54) is 12.0 Å². The molecule has 0 aromatic carbocycles. The second-order valence-electron chi connectivity index (χ2n) is 10.8. The molecule has 7 rings (SSSR count). The second-order valence-corrected chi connectivity index (χ2v) is 10.8. The van der Waals surface area contributed by atoms with Gasteiger partial charge in [0.1, 0.15) is 11.5 Å². The van der Waals surface area contributed by atoms with Crippen LogP contribution in [-0.4, -0.2) is 53.7 Å². The van der Waals surface area contributed by atoms with Crippen molar-refractivity contribution >= 4 is 11.7 Å². The topological polar surface area (TPSA) is 110 Å². The molecule has 4 aromatic rings. The number of hydrogen-bond donors (Lipinski definition) is 2. The van der Waals surface area contributed by atoms with Gasteiger partial charge in [-0.05, 0) is 62.1 Å². The minimum absolute atomic E-state index is 0.0792. The van der Waals surface area contributed by atoms with Crippen LogP contribution >= 0.6 is 0 Å². The van der Waals surface area contributed by atoms with Crippen molar-refractivity contribution in [1.82, 2.24) is 40.1 Å². The molecule has 4 aromatic heterocycles. The van der Waals surface area contributed by atoms with E-state index in [4.69, 9.17) is 10.1 Å². The Bertz CT molecular complexity index is 1500. The number of H-pyrrole nitrogens is 1. The number of carbonyl (C=O) groups is 1. The highest BCUT2D eigenvalue weighted by Crippen LogP contribution is 2.46. The monoisotopic (exact) mass is 497 g/mol.